The Morgan fingerprint density at radius 1 is 1.38 bits per heavy atom. The Balaban J connectivity index is 1.59. The third-order valence-electron chi connectivity index (χ3n) is 4.00. The molecule has 6 nitrogen and oxygen atoms in total. The SMILES string of the molecule is N#Cc1ccnc(N2CCN(C(=O)[C@H]3CCCO3)CC2)c1. The molecule has 110 valence electrons. The molecule has 0 bridgehead atoms. The number of nitriles is 1. The monoisotopic (exact) mass is 286 g/mol. The van der Waals surface area contributed by atoms with Crippen molar-refractivity contribution < 1.29 is 9.53 Å². The Morgan fingerprint density at radius 3 is 2.86 bits per heavy atom. The van der Waals surface area contributed by atoms with E-state index in [-0.39, 0.29) is 12.0 Å². The fourth-order valence-corrected chi connectivity index (χ4v) is 2.79. The second-order valence-electron chi connectivity index (χ2n) is 5.33. The highest BCUT2D eigenvalue weighted by atomic mass is 16.5. The molecule has 2 aliphatic rings. The van der Waals surface area contributed by atoms with Crippen LogP contribution in [0.2, 0.25) is 0 Å². The molecule has 1 aromatic heterocycles. The Hall–Kier alpha value is -2.13. The molecule has 21 heavy (non-hydrogen) atoms. The molecular formula is C15H18N4O2. The number of carbonyl (C=O) groups excluding carboxylic acids is 1. The summed E-state index contributed by atoms with van der Waals surface area (Å²) in [7, 11) is 0. The molecule has 0 aliphatic carbocycles. The van der Waals surface area contributed by atoms with Crippen LogP contribution in [0.15, 0.2) is 18.3 Å². The molecule has 0 aromatic carbocycles. The van der Waals surface area contributed by atoms with Crippen molar-refractivity contribution in [1.82, 2.24) is 9.88 Å². The van der Waals surface area contributed by atoms with Gasteiger partial charge in [-0.1, -0.05) is 0 Å². The molecule has 0 spiro atoms. The summed E-state index contributed by atoms with van der Waals surface area (Å²) in [5.41, 5.74) is 0.609. The summed E-state index contributed by atoms with van der Waals surface area (Å²) in [5, 5.41) is 8.93. The van der Waals surface area contributed by atoms with Gasteiger partial charge in [0.15, 0.2) is 0 Å². The van der Waals surface area contributed by atoms with E-state index in [9.17, 15) is 4.79 Å². The van der Waals surface area contributed by atoms with Gasteiger partial charge >= 0.3 is 0 Å². The van der Waals surface area contributed by atoms with Gasteiger partial charge in [-0.15, -0.1) is 0 Å². The van der Waals surface area contributed by atoms with Gasteiger partial charge in [-0.3, -0.25) is 4.79 Å². The minimum absolute atomic E-state index is 0.117. The second-order valence-corrected chi connectivity index (χ2v) is 5.33. The summed E-state index contributed by atoms with van der Waals surface area (Å²) in [6, 6.07) is 5.61. The van der Waals surface area contributed by atoms with Crippen LogP contribution >= 0.6 is 0 Å². The number of pyridine rings is 1. The van der Waals surface area contributed by atoms with E-state index in [1.807, 2.05) is 4.90 Å². The zero-order valence-corrected chi connectivity index (χ0v) is 11.9. The van der Waals surface area contributed by atoms with Crippen molar-refractivity contribution in [3.63, 3.8) is 0 Å². The predicted octanol–water partition coefficient (Wildman–Crippen LogP) is 0.781. The van der Waals surface area contributed by atoms with E-state index in [2.05, 4.69) is 16.0 Å². The fourth-order valence-electron chi connectivity index (χ4n) is 2.79. The van der Waals surface area contributed by atoms with Crippen molar-refractivity contribution in [2.24, 2.45) is 0 Å². The highest BCUT2D eigenvalue weighted by Gasteiger charge is 2.30. The quantitative estimate of drug-likeness (QED) is 0.803. The lowest BCUT2D eigenvalue weighted by molar-refractivity contribution is -0.141. The molecule has 3 heterocycles. The van der Waals surface area contributed by atoms with Gasteiger partial charge in [-0.05, 0) is 25.0 Å². The molecule has 2 saturated heterocycles. The normalized spacial score (nSPS) is 22.1. The summed E-state index contributed by atoms with van der Waals surface area (Å²) in [4.78, 5) is 20.6. The number of aromatic nitrogens is 1. The minimum atomic E-state index is -0.239. The average Bonchev–Trinajstić information content (AvgIpc) is 3.09. The van der Waals surface area contributed by atoms with E-state index in [1.165, 1.54) is 0 Å². The first-order chi connectivity index (χ1) is 10.3. The van der Waals surface area contributed by atoms with Gasteiger partial charge in [-0.2, -0.15) is 5.26 Å². The molecular weight excluding hydrogens is 268 g/mol. The van der Waals surface area contributed by atoms with Crippen molar-refractivity contribution in [1.29, 1.82) is 5.26 Å². The lowest BCUT2D eigenvalue weighted by Crippen LogP contribution is -2.51. The maximum Gasteiger partial charge on any atom is 0.251 e. The molecule has 0 N–H and O–H groups in total. The van der Waals surface area contributed by atoms with Crippen LogP contribution in [0.4, 0.5) is 5.82 Å². The maximum atomic E-state index is 12.3. The first kappa shape index (κ1) is 13.8. The van der Waals surface area contributed by atoms with E-state index >= 15 is 0 Å². The third-order valence-corrected chi connectivity index (χ3v) is 4.00. The molecule has 6 heteroatoms. The number of nitrogens with zero attached hydrogens (tertiary/aromatic N) is 4. The van der Waals surface area contributed by atoms with E-state index in [0.717, 1.165) is 31.7 Å². The third kappa shape index (κ3) is 2.98. The van der Waals surface area contributed by atoms with E-state index in [0.29, 0.717) is 25.3 Å². The van der Waals surface area contributed by atoms with Crippen LogP contribution in [0.25, 0.3) is 0 Å². The standard InChI is InChI=1S/C15H18N4O2/c16-11-12-3-4-17-14(10-12)18-5-7-19(8-6-18)15(20)13-2-1-9-21-13/h3-4,10,13H,1-2,5-9H2/t13-/m1/s1. The van der Waals surface area contributed by atoms with Crippen molar-refractivity contribution in [3.05, 3.63) is 23.9 Å². The van der Waals surface area contributed by atoms with Gasteiger partial charge in [0.2, 0.25) is 0 Å². The minimum Gasteiger partial charge on any atom is -0.368 e. The number of amides is 1. The summed E-state index contributed by atoms with van der Waals surface area (Å²) >= 11 is 0. The van der Waals surface area contributed by atoms with E-state index in [1.54, 1.807) is 18.3 Å². The first-order valence-electron chi connectivity index (χ1n) is 7.29. The number of rotatable bonds is 2. The topological polar surface area (TPSA) is 69.5 Å². The van der Waals surface area contributed by atoms with E-state index < -0.39 is 0 Å². The second kappa shape index (κ2) is 6.10. The van der Waals surface area contributed by atoms with Gasteiger partial charge < -0.3 is 14.5 Å². The molecule has 2 aliphatic heterocycles. The maximum absolute atomic E-state index is 12.3. The number of carbonyl (C=O) groups is 1. The Morgan fingerprint density at radius 2 is 2.19 bits per heavy atom. The van der Waals surface area contributed by atoms with Gasteiger partial charge in [0, 0.05) is 39.0 Å². The van der Waals surface area contributed by atoms with E-state index in [4.69, 9.17) is 10.00 Å². The lowest BCUT2D eigenvalue weighted by atomic mass is 10.2. The molecule has 0 radical (unpaired) electrons. The molecule has 0 unspecified atom stereocenters. The van der Waals surface area contributed by atoms with Crippen LogP contribution in [0.3, 0.4) is 0 Å². The molecule has 3 rings (SSSR count). The number of hydrogen-bond donors (Lipinski definition) is 0. The van der Waals surface area contributed by atoms with Crippen molar-refractivity contribution in [3.8, 4) is 6.07 Å². The summed E-state index contributed by atoms with van der Waals surface area (Å²) in [6.45, 7) is 3.52. The zero-order chi connectivity index (χ0) is 14.7. The number of ether oxygens (including phenoxy) is 1. The lowest BCUT2D eigenvalue weighted by Gasteiger charge is -2.36. The molecule has 1 aromatic rings. The summed E-state index contributed by atoms with van der Waals surface area (Å²) in [5.74, 6) is 0.921. The van der Waals surface area contributed by atoms with Crippen LogP contribution in [0.1, 0.15) is 18.4 Å². The van der Waals surface area contributed by atoms with Gasteiger partial charge in [0.25, 0.3) is 5.91 Å². The van der Waals surface area contributed by atoms with Crippen molar-refractivity contribution in [2.45, 2.75) is 18.9 Å². The Bertz CT molecular complexity index is 555. The number of hydrogen-bond acceptors (Lipinski definition) is 5. The Kier molecular flexibility index (Phi) is 4.02. The number of piperazine rings is 1. The molecule has 0 saturated carbocycles. The average molecular weight is 286 g/mol. The highest BCUT2D eigenvalue weighted by molar-refractivity contribution is 5.81. The van der Waals surface area contributed by atoms with Crippen molar-refractivity contribution in [2.75, 3.05) is 37.7 Å². The summed E-state index contributed by atoms with van der Waals surface area (Å²) in [6.07, 6.45) is 3.22. The molecule has 1 amide bonds. The fraction of sp³-hybridized carbons (Fsp3) is 0.533. The largest absolute Gasteiger partial charge is 0.368 e. The van der Waals surface area contributed by atoms with Crippen LogP contribution < -0.4 is 4.90 Å². The predicted molar refractivity (Wildman–Crippen MR) is 76.7 cm³/mol. The van der Waals surface area contributed by atoms with Crippen molar-refractivity contribution >= 4 is 11.7 Å². The van der Waals surface area contributed by atoms with Crippen LogP contribution in [0.5, 0.6) is 0 Å². The van der Waals surface area contributed by atoms with Gasteiger partial charge in [-0.25, -0.2) is 4.98 Å². The molecule has 2 fully saturated rings. The van der Waals surface area contributed by atoms with Gasteiger partial charge in [0.1, 0.15) is 11.9 Å². The molecule has 1 atom stereocenters. The van der Waals surface area contributed by atoms with Crippen LogP contribution in [-0.2, 0) is 9.53 Å². The Labute approximate surface area is 123 Å². The van der Waals surface area contributed by atoms with Gasteiger partial charge in [0.05, 0.1) is 11.6 Å². The van der Waals surface area contributed by atoms with Crippen LogP contribution in [-0.4, -0.2) is 54.7 Å². The summed E-state index contributed by atoms with van der Waals surface area (Å²) < 4.78 is 5.46. The first-order valence-corrected chi connectivity index (χ1v) is 7.29. The zero-order valence-electron chi connectivity index (χ0n) is 11.9. The number of anilines is 1. The smallest absolute Gasteiger partial charge is 0.251 e. The highest BCUT2D eigenvalue weighted by Crippen LogP contribution is 2.18. The van der Waals surface area contributed by atoms with Crippen LogP contribution in [0, 0.1) is 11.3 Å².